The van der Waals surface area contributed by atoms with E-state index in [2.05, 4.69) is 10.2 Å². The topological polar surface area (TPSA) is 57.1 Å². The molecule has 0 amide bonds. The summed E-state index contributed by atoms with van der Waals surface area (Å²) in [4.78, 5) is 0.585. The van der Waals surface area contributed by atoms with E-state index in [4.69, 9.17) is 23.2 Å². The lowest BCUT2D eigenvalue weighted by Gasteiger charge is -2.03. The maximum absolute atomic E-state index is 12.1. The second-order valence-corrected chi connectivity index (χ2v) is 5.68. The number of nitrogens with zero attached hydrogens (tertiary/aromatic N) is 4. The molecular weight excluding hydrogens is 323 g/mol. The molecule has 2 aromatic carbocycles. The molecule has 0 aliphatic rings. The van der Waals surface area contributed by atoms with Crippen molar-refractivity contribution in [3.05, 3.63) is 63.9 Å². The van der Waals surface area contributed by atoms with E-state index < -0.39 is 0 Å². The summed E-state index contributed by atoms with van der Waals surface area (Å²) in [5.74, 6) is 0. The van der Waals surface area contributed by atoms with Crippen LogP contribution in [0.4, 0.5) is 0 Å². The van der Waals surface area contributed by atoms with E-state index in [1.807, 2.05) is 12.1 Å². The van der Waals surface area contributed by atoms with Crippen LogP contribution in [0.1, 0.15) is 0 Å². The van der Waals surface area contributed by atoms with Crippen LogP contribution in [0.15, 0.2) is 48.7 Å². The highest BCUT2D eigenvalue weighted by atomic mass is 35.5. The number of hydrogen-bond acceptors (Lipinski definition) is 3. The van der Waals surface area contributed by atoms with Crippen LogP contribution in [-0.4, -0.2) is 14.7 Å². The van der Waals surface area contributed by atoms with Gasteiger partial charge in [0.15, 0.2) is 0 Å². The van der Waals surface area contributed by atoms with E-state index >= 15 is 0 Å². The lowest BCUT2D eigenvalue weighted by Crippen LogP contribution is -2.33. The van der Waals surface area contributed by atoms with Gasteiger partial charge >= 0.3 is 0 Å². The van der Waals surface area contributed by atoms with Crippen molar-refractivity contribution in [2.75, 3.05) is 0 Å². The Kier molecular flexibility index (Phi) is 2.92. The molecule has 0 saturated heterocycles. The van der Waals surface area contributed by atoms with Crippen molar-refractivity contribution in [1.29, 1.82) is 0 Å². The summed E-state index contributed by atoms with van der Waals surface area (Å²) in [6.45, 7) is 0. The van der Waals surface area contributed by atoms with E-state index in [1.165, 1.54) is 0 Å². The van der Waals surface area contributed by atoms with Gasteiger partial charge in [0.2, 0.25) is 5.65 Å². The fourth-order valence-corrected chi connectivity index (χ4v) is 2.71. The lowest BCUT2D eigenvalue weighted by atomic mass is 10.1. The third-order valence-corrected chi connectivity index (χ3v) is 3.94. The van der Waals surface area contributed by atoms with E-state index in [0.29, 0.717) is 31.6 Å². The molecule has 0 bridgehead atoms. The Morgan fingerprint density at radius 3 is 2.50 bits per heavy atom. The molecule has 0 aliphatic heterocycles. The molecule has 0 spiro atoms. The summed E-state index contributed by atoms with van der Waals surface area (Å²) < 4.78 is 1.61. The minimum absolute atomic E-state index is 0.405. The fourth-order valence-electron chi connectivity index (χ4n) is 2.42. The normalized spacial score (nSPS) is 11.4. The van der Waals surface area contributed by atoms with E-state index in [-0.39, 0.29) is 0 Å². The highest BCUT2D eigenvalue weighted by molar-refractivity contribution is 6.31. The van der Waals surface area contributed by atoms with E-state index in [0.717, 1.165) is 11.1 Å². The van der Waals surface area contributed by atoms with Crippen molar-refractivity contribution in [2.24, 2.45) is 0 Å². The Labute approximate surface area is 134 Å². The maximum Gasteiger partial charge on any atom is 0.270 e. The zero-order valence-corrected chi connectivity index (χ0v) is 12.6. The highest BCUT2D eigenvalue weighted by Crippen LogP contribution is 2.26. The Bertz CT molecular complexity index is 1010. The first-order chi connectivity index (χ1) is 10.6. The standard InChI is InChI=1S/C15H8Cl2N4O/c16-10-3-1-9(2-4-10)12-8-18-20-14-7-11(17)5-6-13(14)21(22)19-15(12)20/h1-8H. The van der Waals surface area contributed by atoms with Gasteiger partial charge in [-0.3, -0.25) is 0 Å². The van der Waals surface area contributed by atoms with Crippen LogP contribution in [0, 0.1) is 5.21 Å². The molecule has 0 unspecified atom stereocenters. The molecule has 108 valence electrons. The van der Waals surface area contributed by atoms with Crippen LogP contribution < -0.4 is 4.85 Å². The van der Waals surface area contributed by atoms with Crippen LogP contribution in [0.5, 0.6) is 0 Å². The fraction of sp³-hybridized carbons (Fsp3) is 0. The van der Waals surface area contributed by atoms with Gasteiger partial charge in [-0.2, -0.15) is 5.10 Å². The van der Waals surface area contributed by atoms with E-state index in [1.54, 1.807) is 41.0 Å². The number of fused-ring (bicyclic) bond motifs is 3. The molecule has 4 aromatic rings. The van der Waals surface area contributed by atoms with Crippen molar-refractivity contribution < 1.29 is 4.85 Å². The quantitative estimate of drug-likeness (QED) is 0.396. The summed E-state index contributed by atoms with van der Waals surface area (Å²) in [6.07, 6.45) is 1.67. The second kappa shape index (κ2) is 4.83. The molecule has 0 aliphatic carbocycles. The minimum atomic E-state index is 0.405. The van der Waals surface area contributed by atoms with Gasteiger partial charge in [0.05, 0.1) is 11.8 Å². The van der Waals surface area contributed by atoms with Gasteiger partial charge in [0, 0.05) is 21.2 Å². The highest BCUT2D eigenvalue weighted by Gasteiger charge is 2.17. The smallest absolute Gasteiger partial charge is 0.270 e. The third-order valence-electron chi connectivity index (χ3n) is 3.46. The SMILES string of the molecule is [O-][n+]1nc2c(-c3ccc(Cl)cc3)cnn2c2cc(Cl)ccc21. The number of rotatable bonds is 1. The Morgan fingerprint density at radius 2 is 1.73 bits per heavy atom. The van der Waals surface area contributed by atoms with Gasteiger partial charge < -0.3 is 5.21 Å². The lowest BCUT2D eigenvalue weighted by molar-refractivity contribution is -0.640. The van der Waals surface area contributed by atoms with E-state index in [9.17, 15) is 5.21 Å². The van der Waals surface area contributed by atoms with Crippen molar-refractivity contribution >= 4 is 39.9 Å². The zero-order valence-electron chi connectivity index (χ0n) is 11.1. The average molecular weight is 331 g/mol. The van der Waals surface area contributed by atoms with Gasteiger partial charge in [-0.05, 0) is 34.7 Å². The number of benzene rings is 2. The molecule has 2 aromatic heterocycles. The molecule has 0 radical (unpaired) electrons. The first-order valence-corrected chi connectivity index (χ1v) is 7.22. The van der Waals surface area contributed by atoms with Gasteiger partial charge in [-0.25, -0.2) is 4.52 Å². The molecule has 4 rings (SSSR count). The maximum atomic E-state index is 12.1. The van der Waals surface area contributed by atoms with Crippen LogP contribution >= 0.6 is 23.2 Å². The van der Waals surface area contributed by atoms with Crippen LogP contribution in [-0.2, 0) is 0 Å². The van der Waals surface area contributed by atoms with Crippen LogP contribution in [0.3, 0.4) is 0 Å². The van der Waals surface area contributed by atoms with Crippen LogP contribution in [0.2, 0.25) is 10.0 Å². The molecule has 5 nitrogen and oxygen atoms in total. The average Bonchev–Trinajstić information content (AvgIpc) is 2.92. The molecule has 2 heterocycles. The van der Waals surface area contributed by atoms with Crippen molar-refractivity contribution in [3.8, 4) is 11.1 Å². The van der Waals surface area contributed by atoms with Crippen molar-refractivity contribution in [3.63, 3.8) is 0 Å². The predicted octanol–water partition coefficient (Wildman–Crippen LogP) is 3.49. The Hall–Kier alpha value is -2.37. The first kappa shape index (κ1) is 13.3. The summed E-state index contributed by atoms with van der Waals surface area (Å²) in [6, 6.07) is 12.2. The van der Waals surface area contributed by atoms with Crippen LogP contribution in [0.25, 0.3) is 27.8 Å². The van der Waals surface area contributed by atoms with Gasteiger partial charge in [-0.1, -0.05) is 35.3 Å². The zero-order chi connectivity index (χ0) is 15.3. The number of aromatic nitrogens is 4. The molecule has 0 fully saturated rings. The summed E-state index contributed by atoms with van der Waals surface area (Å²) in [5.41, 5.74) is 3.11. The first-order valence-electron chi connectivity index (χ1n) is 6.46. The Balaban J connectivity index is 2.07. The van der Waals surface area contributed by atoms with Gasteiger partial charge in [-0.15, -0.1) is 0 Å². The van der Waals surface area contributed by atoms with Gasteiger partial charge in [0.25, 0.3) is 5.52 Å². The molecule has 0 atom stereocenters. The third kappa shape index (κ3) is 1.98. The monoisotopic (exact) mass is 330 g/mol. The van der Waals surface area contributed by atoms with Gasteiger partial charge in [0.1, 0.15) is 5.52 Å². The summed E-state index contributed by atoms with van der Waals surface area (Å²) in [7, 11) is 0. The molecular formula is C15H8Cl2N4O. The molecule has 0 N–H and O–H groups in total. The molecule has 22 heavy (non-hydrogen) atoms. The van der Waals surface area contributed by atoms with Crippen molar-refractivity contribution in [1.82, 2.24) is 14.7 Å². The van der Waals surface area contributed by atoms with Crippen molar-refractivity contribution in [2.45, 2.75) is 0 Å². The summed E-state index contributed by atoms with van der Waals surface area (Å²) >= 11 is 11.9. The largest absolute Gasteiger partial charge is 0.594 e. The minimum Gasteiger partial charge on any atom is -0.594 e. The molecule has 0 saturated carbocycles. The Morgan fingerprint density at radius 1 is 1.00 bits per heavy atom. The summed E-state index contributed by atoms with van der Waals surface area (Å²) in [5, 5.41) is 21.7. The number of halogens is 2. The number of hydrogen-bond donors (Lipinski definition) is 0. The molecule has 7 heteroatoms. The second-order valence-electron chi connectivity index (χ2n) is 4.81. The predicted molar refractivity (Wildman–Crippen MR) is 84.9 cm³/mol.